The Balaban J connectivity index is 1.35. The maximum atomic E-state index is 12.3. The number of nitrogen functional groups attached to an aromatic ring is 1. The molecule has 2 aliphatic rings. The molecular formula is C20H23N3O2. The number of benzene rings is 2. The van der Waals surface area contributed by atoms with Crippen molar-refractivity contribution in [2.24, 2.45) is 0 Å². The fourth-order valence-corrected chi connectivity index (χ4v) is 3.30. The van der Waals surface area contributed by atoms with Gasteiger partial charge in [0, 0.05) is 24.7 Å². The number of nitrogens with zero attached hydrogens (tertiary/aromatic N) is 1. The Labute approximate surface area is 147 Å². The monoisotopic (exact) mass is 337 g/mol. The average Bonchev–Trinajstić information content (AvgIpc) is 3.37. The maximum absolute atomic E-state index is 12.3. The zero-order valence-corrected chi connectivity index (χ0v) is 14.2. The van der Waals surface area contributed by atoms with Crippen LogP contribution in [0.2, 0.25) is 0 Å². The second-order valence-corrected chi connectivity index (χ2v) is 6.82. The van der Waals surface area contributed by atoms with Crippen LogP contribution in [0.3, 0.4) is 0 Å². The van der Waals surface area contributed by atoms with Crippen LogP contribution in [0.4, 0.5) is 11.4 Å². The number of carbonyl (C=O) groups excluding carboxylic acids is 1. The van der Waals surface area contributed by atoms with Gasteiger partial charge in [-0.25, -0.2) is 0 Å². The summed E-state index contributed by atoms with van der Waals surface area (Å²) in [5.74, 6) is 0.642. The summed E-state index contributed by atoms with van der Waals surface area (Å²) in [4.78, 5) is 14.9. The van der Waals surface area contributed by atoms with Crippen molar-refractivity contribution in [1.82, 2.24) is 4.90 Å². The number of ether oxygens (including phenoxy) is 1. The SMILES string of the molecule is Nc1ccccc1NC(=O)c1ccc(O[C@@H]2CCN(C3CC3)C2)cc1. The van der Waals surface area contributed by atoms with Crippen LogP contribution in [0.1, 0.15) is 29.6 Å². The predicted molar refractivity (Wildman–Crippen MR) is 98.9 cm³/mol. The van der Waals surface area contributed by atoms with Gasteiger partial charge in [-0.15, -0.1) is 0 Å². The molecule has 0 aromatic heterocycles. The molecule has 2 aromatic rings. The van der Waals surface area contributed by atoms with Gasteiger partial charge in [0.25, 0.3) is 5.91 Å². The number of nitrogens with two attached hydrogens (primary N) is 1. The van der Waals surface area contributed by atoms with E-state index in [1.54, 1.807) is 24.3 Å². The molecule has 25 heavy (non-hydrogen) atoms. The molecule has 1 saturated heterocycles. The molecule has 2 fully saturated rings. The van der Waals surface area contributed by atoms with Gasteiger partial charge in [-0.05, 0) is 55.7 Å². The first-order chi connectivity index (χ1) is 12.2. The van der Waals surface area contributed by atoms with Crippen LogP contribution in [-0.2, 0) is 0 Å². The van der Waals surface area contributed by atoms with Gasteiger partial charge in [0.1, 0.15) is 11.9 Å². The Bertz CT molecular complexity index is 756. The third-order valence-corrected chi connectivity index (χ3v) is 4.87. The molecule has 1 atom stereocenters. The molecule has 130 valence electrons. The van der Waals surface area contributed by atoms with Gasteiger partial charge < -0.3 is 15.8 Å². The number of anilines is 2. The van der Waals surface area contributed by atoms with Crippen molar-refractivity contribution >= 4 is 17.3 Å². The number of amides is 1. The first-order valence-electron chi connectivity index (χ1n) is 8.85. The number of nitrogens with one attached hydrogen (secondary N) is 1. The van der Waals surface area contributed by atoms with Crippen LogP contribution in [-0.4, -0.2) is 36.0 Å². The van der Waals surface area contributed by atoms with Crippen molar-refractivity contribution < 1.29 is 9.53 Å². The number of para-hydroxylation sites is 2. The molecule has 1 aliphatic carbocycles. The molecule has 1 aliphatic heterocycles. The van der Waals surface area contributed by atoms with Crippen molar-refractivity contribution in [2.75, 3.05) is 24.1 Å². The van der Waals surface area contributed by atoms with E-state index in [-0.39, 0.29) is 12.0 Å². The summed E-state index contributed by atoms with van der Waals surface area (Å²) < 4.78 is 6.06. The number of rotatable bonds is 5. The highest BCUT2D eigenvalue weighted by molar-refractivity contribution is 6.05. The number of carbonyl (C=O) groups is 1. The summed E-state index contributed by atoms with van der Waals surface area (Å²) in [6.07, 6.45) is 4.00. The van der Waals surface area contributed by atoms with E-state index in [4.69, 9.17) is 10.5 Å². The van der Waals surface area contributed by atoms with Gasteiger partial charge in [-0.2, -0.15) is 0 Å². The number of hydrogen-bond donors (Lipinski definition) is 2. The molecule has 0 spiro atoms. The first-order valence-corrected chi connectivity index (χ1v) is 8.85. The van der Waals surface area contributed by atoms with Gasteiger partial charge in [-0.3, -0.25) is 9.69 Å². The first kappa shape index (κ1) is 16.0. The lowest BCUT2D eigenvalue weighted by Gasteiger charge is -2.16. The lowest BCUT2D eigenvalue weighted by atomic mass is 10.2. The summed E-state index contributed by atoms with van der Waals surface area (Å²) in [6, 6.07) is 15.3. The van der Waals surface area contributed by atoms with E-state index in [1.165, 1.54) is 12.8 Å². The molecule has 3 N–H and O–H groups in total. The van der Waals surface area contributed by atoms with Gasteiger partial charge in [0.15, 0.2) is 0 Å². The Morgan fingerprint density at radius 1 is 1.08 bits per heavy atom. The molecule has 2 aromatic carbocycles. The van der Waals surface area contributed by atoms with E-state index in [2.05, 4.69) is 10.2 Å². The molecule has 0 bridgehead atoms. The number of likely N-dealkylation sites (tertiary alicyclic amines) is 1. The number of hydrogen-bond acceptors (Lipinski definition) is 4. The van der Waals surface area contributed by atoms with E-state index >= 15 is 0 Å². The van der Waals surface area contributed by atoms with Crippen LogP contribution in [0.5, 0.6) is 5.75 Å². The highest BCUT2D eigenvalue weighted by Gasteiger charge is 2.35. The van der Waals surface area contributed by atoms with E-state index in [0.29, 0.717) is 16.9 Å². The van der Waals surface area contributed by atoms with Gasteiger partial charge >= 0.3 is 0 Å². The second kappa shape index (κ2) is 6.76. The van der Waals surface area contributed by atoms with Crippen molar-refractivity contribution in [3.05, 3.63) is 54.1 Å². The lowest BCUT2D eigenvalue weighted by Crippen LogP contribution is -2.26. The minimum atomic E-state index is -0.176. The largest absolute Gasteiger partial charge is 0.489 e. The van der Waals surface area contributed by atoms with Crippen LogP contribution < -0.4 is 15.8 Å². The summed E-state index contributed by atoms with van der Waals surface area (Å²) >= 11 is 0. The highest BCUT2D eigenvalue weighted by Crippen LogP contribution is 2.31. The van der Waals surface area contributed by atoms with E-state index < -0.39 is 0 Å². The van der Waals surface area contributed by atoms with Crippen LogP contribution in [0, 0.1) is 0 Å². The van der Waals surface area contributed by atoms with Crippen molar-refractivity contribution in [1.29, 1.82) is 0 Å². The van der Waals surface area contributed by atoms with Crippen molar-refractivity contribution in [3.8, 4) is 5.75 Å². The molecule has 1 heterocycles. The molecule has 1 amide bonds. The third-order valence-electron chi connectivity index (χ3n) is 4.87. The average molecular weight is 337 g/mol. The predicted octanol–water partition coefficient (Wildman–Crippen LogP) is 3.14. The molecule has 1 saturated carbocycles. The Morgan fingerprint density at radius 2 is 1.84 bits per heavy atom. The van der Waals surface area contributed by atoms with E-state index in [9.17, 15) is 4.79 Å². The maximum Gasteiger partial charge on any atom is 0.255 e. The highest BCUT2D eigenvalue weighted by atomic mass is 16.5. The topological polar surface area (TPSA) is 67.6 Å². The van der Waals surface area contributed by atoms with E-state index in [0.717, 1.165) is 31.3 Å². The fourth-order valence-electron chi connectivity index (χ4n) is 3.30. The quantitative estimate of drug-likeness (QED) is 0.823. The fraction of sp³-hybridized carbons (Fsp3) is 0.350. The summed E-state index contributed by atoms with van der Waals surface area (Å²) in [5.41, 5.74) is 7.62. The minimum Gasteiger partial charge on any atom is -0.489 e. The van der Waals surface area contributed by atoms with Crippen LogP contribution in [0.25, 0.3) is 0 Å². The third kappa shape index (κ3) is 3.77. The summed E-state index contributed by atoms with van der Waals surface area (Å²) in [5, 5.41) is 2.83. The van der Waals surface area contributed by atoms with E-state index in [1.807, 2.05) is 24.3 Å². The smallest absolute Gasteiger partial charge is 0.255 e. The summed E-state index contributed by atoms with van der Waals surface area (Å²) in [7, 11) is 0. The Morgan fingerprint density at radius 3 is 2.56 bits per heavy atom. The molecule has 0 unspecified atom stereocenters. The molecular weight excluding hydrogens is 314 g/mol. The molecule has 5 heteroatoms. The van der Waals surface area contributed by atoms with Crippen molar-refractivity contribution in [3.63, 3.8) is 0 Å². The van der Waals surface area contributed by atoms with Gasteiger partial charge in [-0.1, -0.05) is 12.1 Å². The van der Waals surface area contributed by atoms with Crippen molar-refractivity contribution in [2.45, 2.75) is 31.4 Å². The normalized spacial score (nSPS) is 20.4. The lowest BCUT2D eigenvalue weighted by molar-refractivity contribution is 0.102. The Kier molecular flexibility index (Phi) is 4.32. The summed E-state index contributed by atoms with van der Waals surface area (Å²) in [6.45, 7) is 2.15. The van der Waals surface area contributed by atoms with Gasteiger partial charge in [0.2, 0.25) is 0 Å². The van der Waals surface area contributed by atoms with Crippen LogP contribution >= 0.6 is 0 Å². The molecule has 4 rings (SSSR count). The molecule has 0 radical (unpaired) electrons. The second-order valence-electron chi connectivity index (χ2n) is 6.82. The molecule has 5 nitrogen and oxygen atoms in total. The zero-order chi connectivity index (χ0) is 17.2. The Hall–Kier alpha value is -2.53. The standard InChI is InChI=1S/C20H23N3O2/c21-18-3-1-2-4-19(18)22-20(24)14-5-9-16(10-6-14)25-17-11-12-23(13-17)15-7-8-15/h1-6,9-10,15,17H,7-8,11-13,21H2,(H,22,24)/t17-/m1/s1. The van der Waals surface area contributed by atoms with Crippen LogP contribution in [0.15, 0.2) is 48.5 Å². The minimum absolute atomic E-state index is 0.176. The zero-order valence-electron chi connectivity index (χ0n) is 14.2. The van der Waals surface area contributed by atoms with Gasteiger partial charge in [0.05, 0.1) is 11.4 Å².